The van der Waals surface area contributed by atoms with Gasteiger partial charge in [-0.15, -0.1) is 0 Å². The predicted octanol–water partition coefficient (Wildman–Crippen LogP) is 2.41. The Bertz CT molecular complexity index is 483. The first-order chi connectivity index (χ1) is 8.26. The minimum absolute atomic E-state index is 0.224. The Balaban J connectivity index is 2.24. The Kier molecular flexibility index (Phi) is 3.76. The Morgan fingerprint density at radius 1 is 1.41 bits per heavy atom. The fourth-order valence-electron chi connectivity index (χ4n) is 1.91. The summed E-state index contributed by atoms with van der Waals surface area (Å²) in [5.74, 6) is 0. The number of likely N-dealkylation sites (N-methyl/N-ethyl adjacent to an activating group) is 1. The second kappa shape index (κ2) is 5.29. The van der Waals surface area contributed by atoms with Crippen molar-refractivity contribution in [2.24, 2.45) is 0 Å². The lowest BCUT2D eigenvalue weighted by atomic mass is 10.0. The van der Waals surface area contributed by atoms with Crippen LogP contribution in [0.3, 0.4) is 0 Å². The predicted molar refractivity (Wildman–Crippen MR) is 64.6 cm³/mol. The molecule has 4 heteroatoms. The van der Waals surface area contributed by atoms with E-state index in [9.17, 15) is 4.39 Å². The van der Waals surface area contributed by atoms with Gasteiger partial charge in [0.2, 0.25) is 0 Å². The zero-order valence-electron chi connectivity index (χ0n) is 9.69. The molecule has 0 bridgehead atoms. The first kappa shape index (κ1) is 12.1. The molecule has 0 saturated carbocycles. The van der Waals surface area contributed by atoms with Crippen molar-refractivity contribution in [1.82, 2.24) is 5.32 Å². The molecule has 2 atom stereocenters. The minimum Gasteiger partial charge on any atom is -0.464 e. The molecule has 0 saturated heterocycles. The number of hydrogen-bond donors (Lipinski definition) is 2. The SMILES string of the molecule is CCNC(CO)C(F)c1ccc2occc2c1. The lowest BCUT2D eigenvalue weighted by molar-refractivity contribution is 0.165. The third-order valence-electron chi connectivity index (χ3n) is 2.81. The average molecular weight is 237 g/mol. The van der Waals surface area contributed by atoms with Crippen molar-refractivity contribution in [2.45, 2.75) is 19.1 Å². The summed E-state index contributed by atoms with van der Waals surface area (Å²) in [4.78, 5) is 0. The number of aliphatic hydroxyl groups excluding tert-OH is 1. The van der Waals surface area contributed by atoms with E-state index in [2.05, 4.69) is 5.32 Å². The summed E-state index contributed by atoms with van der Waals surface area (Å²) in [7, 11) is 0. The topological polar surface area (TPSA) is 45.4 Å². The molecule has 2 N–H and O–H groups in total. The van der Waals surface area contributed by atoms with E-state index in [0.29, 0.717) is 12.1 Å². The maximum Gasteiger partial charge on any atom is 0.143 e. The van der Waals surface area contributed by atoms with Gasteiger partial charge < -0.3 is 14.8 Å². The standard InChI is InChI=1S/C13H16FNO2/c1-2-15-11(8-16)13(14)10-3-4-12-9(7-10)5-6-17-12/h3-7,11,13,15-16H,2,8H2,1H3. The van der Waals surface area contributed by atoms with Crippen LogP contribution in [0.4, 0.5) is 4.39 Å². The van der Waals surface area contributed by atoms with E-state index < -0.39 is 12.2 Å². The van der Waals surface area contributed by atoms with Crippen LogP contribution in [0.5, 0.6) is 0 Å². The molecule has 0 fully saturated rings. The van der Waals surface area contributed by atoms with Crippen LogP contribution in [-0.4, -0.2) is 24.3 Å². The third-order valence-corrected chi connectivity index (χ3v) is 2.81. The smallest absolute Gasteiger partial charge is 0.143 e. The van der Waals surface area contributed by atoms with Crippen LogP contribution >= 0.6 is 0 Å². The van der Waals surface area contributed by atoms with Crippen LogP contribution in [-0.2, 0) is 0 Å². The number of halogens is 1. The largest absolute Gasteiger partial charge is 0.464 e. The van der Waals surface area contributed by atoms with Gasteiger partial charge in [-0.3, -0.25) is 0 Å². The molecule has 0 radical (unpaired) electrons. The lowest BCUT2D eigenvalue weighted by Gasteiger charge is -2.19. The summed E-state index contributed by atoms with van der Waals surface area (Å²) in [6.07, 6.45) is 0.356. The number of benzene rings is 1. The number of furan rings is 1. The molecular formula is C13H16FNO2. The van der Waals surface area contributed by atoms with Crippen LogP contribution in [0, 0.1) is 0 Å². The number of nitrogens with one attached hydrogen (secondary N) is 1. The van der Waals surface area contributed by atoms with Crippen LogP contribution < -0.4 is 5.32 Å². The maximum atomic E-state index is 14.2. The molecule has 2 aromatic rings. The molecule has 0 aliphatic heterocycles. The van der Waals surface area contributed by atoms with E-state index in [0.717, 1.165) is 11.0 Å². The fraction of sp³-hybridized carbons (Fsp3) is 0.385. The molecule has 0 spiro atoms. The van der Waals surface area contributed by atoms with Gasteiger partial charge in [0.15, 0.2) is 0 Å². The molecular weight excluding hydrogens is 221 g/mol. The molecule has 2 unspecified atom stereocenters. The normalized spacial score (nSPS) is 15.0. The van der Waals surface area contributed by atoms with Crippen molar-refractivity contribution >= 4 is 11.0 Å². The summed E-state index contributed by atoms with van der Waals surface area (Å²) in [6.45, 7) is 2.28. The zero-order chi connectivity index (χ0) is 12.3. The Labute approximate surface area is 99.2 Å². The van der Waals surface area contributed by atoms with Gasteiger partial charge in [0, 0.05) is 5.39 Å². The van der Waals surface area contributed by atoms with Gasteiger partial charge in [-0.2, -0.15) is 0 Å². The van der Waals surface area contributed by atoms with Gasteiger partial charge in [-0.05, 0) is 30.3 Å². The van der Waals surface area contributed by atoms with Crippen molar-refractivity contribution in [3.8, 4) is 0 Å². The highest BCUT2D eigenvalue weighted by Crippen LogP contribution is 2.25. The number of hydrogen-bond acceptors (Lipinski definition) is 3. The summed E-state index contributed by atoms with van der Waals surface area (Å²) in [5.41, 5.74) is 1.30. The van der Waals surface area contributed by atoms with Gasteiger partial charge >= 0.3 is 0 Å². The average Bonchev–Trinajstić information content (AvgIpc) is 2.82. The molecule has 0 aliphatic carbocycles. The molecule has 0 amide bonds. The Hall–Kier alpha value is -1.39. The molecule has 2 rings (SSSR count). The summed E-state index contributed by atoms with van der Waals surface area (Å²) in [5, 5.41) is 12.9. The van der Waals surface area contributed by atoms with Crippen molar-refractivity contribution in [1.29, 1.82) is 0 Å². The molecule has 0 aliphatic rings. The summed E-state index contributed by atoms with van der Waals surface area (Å²) >= 11 is 0. The summed E-state index contributed by atoms with van der Waals surface area (Å²) < 4.78 is 19.4. The van der Waals surface area contributed by atoms with Gasteiger partial charge in [0.05, 0.1) is 18.9 Å². The third kappa shape index (κ3) is 2.48. The van der Waals surface area contributed by atoms with Crippen LogP contribution in [0.1, 0.15) is 18.7 Å². The number of alkyl halides is 1. The molecule has 92 valence electrons. The molecule has 1 heterocycles. The maximum absolute atomic E-state index is 14.2. The number of rotatable bonds is 5. The van der Waals surface area contributed by atoms with Gasteiger partial charge in [-0.25, -0.2) is 4.39 Å². The second-order valence-electron chi connectivity index (χ2n) is 3.97. The molecule has 17 heavy (non-hydrogen) atoms. The van der Waals surface area contributed by atoms with Crippen molar-refractivity contribution < 1.29 is 13.9 Å². The van der Waals surface area contributed by atoms with E-state index >= 15 is 0 Å². The van der Waals surface area contributed by atoms with Gasteiger partial charge in [0.1, 0.15) is 11.8 Å². The highest BCUT2D eigenvalue weighted by Gasteiger charge is 2.21. The number of aliphatic hydroxyl groups is 1. The first-order valence-corrected chi connectivity index (χ1v) is 5.71. The number of fused-ring (bicyclic) bond motifs is 1. The van der Waals surface area contributed by atoms with Crippen molar-refractivity contribution in [3.63, 3.8) is 0 Å². The molecule has 3 nitrogen and oxygen atoms in total. The highest BCUT2D eigenvalue weighted by atomic mass is 19.1. The molecule has 1 aromatic heterocycles. The van der Waals surface area contributed by atoms with E-state index in [1.807, 2.05) is 6.92 Å². The quantitative estimate of drug-likeness (QED) is 0.839. The Morgan fingerprint density at radius 3 is 2.94 bits per heavy atom. The van der Waals surface area contributed by atoms with Crippen LogP contribution in [0.15, 0.2) is 34.9 Å². The minimum atomic E-state index is -1.22. The van der Waals surface area contributed by atoms with E-state index in [1.54, 1.807) is 30.5 Å². The molecule has 1 aromatic carbocycles. The fourth-order valence-corrected chi connectivity index (χ4v) is 1.91. The van der Waals surface area contributed by atoms with E-state index in [1.165, 1.54) is 0 Å². The lowest BCUT2D eigenvalue weighted by Crippen LogP contribution is -2.36. The zero-order valence-corrected chi connectivity index (χ0v) is 9.69. The van der Waals surface area contributed by atoms with E-state index in [-0.39, 0.29) is 6.61 Å². The van der Waals surface area contributed by atoms with Crippen LogP contribution in [0.25, 0.3) is 11.0 Å². The van der Waals surface area contributed by atoms with Crippen LogP contribution in [0.2, 0.25) is 0 Å². The van der Waals surface area contributed by atoms with Gasteiger partial charge in [-0.1, -0.05) is 13.0 Å². The van der Waals surface area contributed by atoms with E-state index in [4.69, 9.17) is 9.52 Å². The highest BCUT2D eigenvalue weighted by molar-refractivity contribution is 5.77. The first-order valence-electron chi connectivity index (χ1n) is 5.71. The summed E-state index contributed by atoms with van der Waals surface area (Å²) in [6, 6.07) is 6.43. The van der Waals surface area contributed by atoms with Crippen molar-refractivity contribution in [2.75, 3.05) is 13.2 Å². The Morgan fingerprint density at radius 2 is 2.24 bits per heavy atom. The van der Waals surface area contributed by atoms with Gasteiger partial charge in [0.25, 0.3) is 0 Å². The van der Waals surface area contributed by atoms with Crippen molar-refractivity contribution in [3.05, 3.63) is 36.1 Å². The monoisotopic (exact) mass is 237 g/mol. The second-order valence-corrected chi connectivity index (χ2v) is 3.97.